The van der Waals surface area contributed by atoms with Crippen molar-refractivity contribution >= 4 is 23.4 Å². The number of rotatable bonds is 4. The van der Waals surface area contributed by atoms with Crippen molar-refractivity contribution in [2.75, 3.05) is 26.1 Å². The van der Waals surface area contributed by atoms with Gasteiger partial charge in [0.05, 0.1) is 25.3 Å². The first kappa shape index (κ1) is 21.5. The molecule has 2 atom stereocenters. The fourth-order valence-corrected chi connectivity index (χ4v) is 5.98. The Hall–Kier alpha value is -3.02. The van der Waals surface area contributed by atoms with Crippen LogP contribution < -0.4 is 0 Å². The number of hydrogen-bond donors (Lipinski definition) is 0. The molecule has 0 saturated carbocycles. The maximum absolute atomic E-state index is 13.3. The number of fused-ring (bicyclic) bond motifs is 5. The number of thioether (sulfide) groups is 1. The van der Waals surface area contributed by atoms with Crippen LogP contribution in [0.25, 0.3) is 16.7 Å². The maximum atomic E-state index is 13.3. The Bertz CT molecular complexity index is 1210. The highest BCUT2D eigenvalue weighted by Gasteiger charge is 2.39. The molecule has 172 valence electrons. The number of nitrogens with zero attached hydrogens (tertiary/aromatic N) is 1. The summed E-state index contributed by atoms with van der Waals surface area (Å²) in [5.74, 6) is 0.0679. The van der Waals surface area contributed by atoms with Crippen LogP contribution in [0, 0.1) is 0 Å². The molecule has 4 nitrogen and oxygen atoms in total. The Labute approximate surface area is 204 Å². The zero-order valence-corrected chi connectivity index (χ0v) is 20.0. The second-order valence-corrected chi connectivity index (χ2v) is 9.97. The lowest BCUT2D eigenvalue weighted by Gasteiger charge is -2.44. The van der Waals surface area contributed by atoms with Crippen LogP contribution in [0.2, 0.25) is 0 Å². The van der Waals surface area contributed by atoms with Crippen molar-refractivity contribution in [2.24, 2.45) is 0 Å². The number of morpholine rings is 1. The van der Waals surface area contributed by atoms with Crippen LogP contribution in [-0.2, 0) is 9.47 Å². The molecule has 0 spiro atoms. The topological polar surface area (TPSA) is 38.8 Å². The third kappa shape index (κ3) is 3.73. The molecule has 2 aliphatic heterocycles. The lowest BCUT2D eigenvalue weighted by atomic mass is 9.90. The number of amides is 1. The van der Waals surface area contributed by atoms with Gasteiger partial charge in [-0.3, -0.25) is 4.90 Å². The second-order valence-electron chi connectivity index (χ2n) is 9.09. The highest BCUT2D eigenvalue weighted by atomic mass is 32.2. The van der Waals surface area contributed by atoms with E-state index in [1.54, 1.807) is 11.8 Å². The van der Waals surface area contributed by atoms with E-state index in [1.165, 1.54) is 38.3 Å². The van der Waals surface area contributed by atoms with E-state index in [2.05, 4.69) is 85.1 Å². The minimum Gasteiger partial charge on any atom is -0.448 e. The second kappa shape index (κ2) is 8.97. The molecule has 1 aliphatic carbocycles. The molecule has 1 amide bonds. The smallest absolute Gasteiger partial charge is 0.410 e. The van der Waals surface area contributed by atoms with E-state index in [0.717, 1.165) is 6.42 Å². The summed E-state index contributed by atoms with van der Waals surface area (Å²) in [6.07, 6.45) is 4.81. The van der Waals surface area contributed by atoms with Gasteiger partial charge in [-0.1, -0.05) is 66.7 Å². The van der Waals surface area contributed by atoms with Crippen molar-refractivity contribution < 1.29 is 14.3 Å². The Morgan fingerprint density at radius 2 is 1.65 bits per heavy atom. The summed E-state index contributed by atoms with van der Waals surface area (Å²) in [6.45, 7) is 1.39. The molecule has 3 aromatic carbocycles. The molecule has 34 heavy (non-hydrogen) atoms. The molecule has 5 heteroatoms. The van der Waals surface area contributed by atoms with Gasteiger partial charge in [-0.15, -0.1) is 11.8 Å². The van der Waals surface area contributed by atoms with Crippen LogP contribution in [0.5, 0.6) is 0 Å². The molecule has 2 unspecified atom stereocenters. The third-order valence-electron chi connectivity index (χ3n) is 7.21. The predicted molar refractivity (Wildman–Crippen MR) is 136 cm³/mol. The third-order valence-corrected chi connectivity index (χ3v) is 7.95. The molecule has 2 bridgehead atoms. The first-order valence-electron chi connectivity index (χ1n) is 11.8. The van der Waals surface area contributed by atoms with Crippen LogP contribution in [0.15, 0.2) is 83.8 Å². The Kier molecular flexibility index (Phi) is 5.67. The Morgan fingerprint density at radius 3 is 2.29 bits per heavy atom. The number of benzene rings is 3. The molecule has 0 radical (unpaired) electrons. The first-order valence-corrected chi connectivity index (χ1v) is 13.0. The van der Waals surface area contributed by atoms with Crippen LogP contribution in [0.1, 0.15) is 29.0 Å². The summed E-state index contributed by atoms with van der Waals surface area (Å²) in [4.78, 5) is 16.5. The van der Waals surface area contributed by atoms with Crippen LogP contribution in [0.4, 0.5) is 4.79 Å². The summed E-state index contributed by atoms with van der Waals surface area (Å²) >= 11 is 1.74. The summed E-state index contributed by atoms with van der Waals surface area (Å²) in [5, 5.41) is 0. The molecule has 2 heterocycles. The van der Waals surface area contributed by atoms with Gasteiger partial charge < -0.3 is 9.47 Å². The molecule has 0 aromatic heterocycles. The largest absolute Gasteiger partial charge is 0.448 e. The Morgan fingerprint density at radius 1 is 0.971 bits per heavy atom. The Balaban J connectivity index is 1.20. The summed E-state index contributed by atoms with van der Waals surface area (Å²) in [6, 6.07) is 25.4. The van der Waals surface area contributed by atoms with Crippen LogP contribution in [0.3, 0.4) is 0 Å². The number of carbonyl (C=O) groups is 1. The van der Waals surface area contributed by atoms with Gasteiger partial charge in [-0.2, -0.15) is 0 Å². The fraction of sp³-hybridized carbons (Fsp3) is 0.276. The SMILES string of the molecule is CSc1ccc(C2=CC3COCC(C2)N3C(=O)OCC2c3ccccc3-c3ccccc32)cc1. The molecule has 1 fully saturated rings. The standard InChI is InChI=1S/C29H27NO3S/c1-34-23-12-10-19(11-13-23)20-14-21-16-32-17-22(15-20)30(21)29(31)33-18-28-26-8-4-2-6-24(26)25-7-3-5-9-27(25)28/h2-14,21-22,28H,15-18H2,1H3. The van der Waals surface area contributed by atoms with Gasteiger partial charge >= 0.3 is 6.09 Å². The summed E-state index contributed by atoms with van der Waals surface area (Å²) < 4.78 is 11.8. The van der Waals surface area contributed by atoms with Crippen molar-refractivity contribution in [3.05, 3.63) is 95.6 Å². The van der Waals surface area contributed by atoms with E-state index in [4.69, 9.17) is 9.47 Å². The fourth-order valence-electron chi connectivity index (χ4n) is 5.57. The summed E-state index contributed by atoms with van der Waals surface area (Å²) in [7, 11) is 0. The monoisotopic (exact) mass is 469 g/mol. The zero-order chi connectivity index (χ0) is 23.1. The van der Waals surface area contributed by atoms with E-state index in [1.807, 2.05) is 4.90 Å². The summed E-state index contributed by atoms with van der Waals surface area (Å²) in [5.41, 5.74) is 7.45. The van der Waals surface area contributed by atoms with E-state index in [9.17, 15) is 4.79 Å². The van der Waals surface area contributed by atoms with E-state index >= 15 is 0 Å². The highest BCUT2D eigenvalue weighted by Crippen LogP contribution is 2.44. The van der Waals surface area contributed by atoms with Crippen LogP contribution >= 0.6 is 11.8 Å². The van der Waals surface area contributed by atoms with Crippen molar-refractivity contribution in [3.8, 4) is 11.1 Å². The van der Waals surface area contributed by atoms with Gasteiger partial charge in [0.15, 0.2) is 0 Å². The minimum absolute atomic E-state index is 0.00497. The molecule has 0 N–H and O–H groups in total. The van der Waals surface area contributed by atoms with Gasteiger partial charge in [0, 0.05) is 10.8 Å². The van der Waals surface area contributed by atoms with Crippen molar-refractivity contribution in [1.29, 1.82) is 0 Å². The molecular weight excluding hydrogens is 442 g/mol. The van der Waals surface area contributed by atoms with Crippen LogP contribution in [-0.4, -0.2) is 49.2 Å². The normalized spacial score (nSPS) is 21.0. The maximum Gasteiger partial charge on any atom is 0.410 e. The van der Waals surface area contributed by atoms with Gasteiger partial charge in [0.25, 0.3) is 0 Å². The number of ether oxygens (including phenoxy) is 2. The molecule has 1 saturated heterocycles. The van der Waals surface area contributed by atoms with E-state index < -0.39 is 0 Å². The van der Waals surface area contributed by atoms with Gasteiger partial charge in [0.2, 0.25) is 0 Å². The number of hydrogen-bond acceptors (Lipinski definition) is 4. The van der Waals surface area contributed by atoms with Gasteiger partial charge in [0.1, 0.15) is 6.61 Å². The lowest BCUT2D eigenvalue weighted by molar-refractivity contribution is -0.0331. The van der Waals surface area contributed by atoms with E-state index in [0.29, 0.717) is 19.8 Å². The molecule has 6 rings (SSSR count). The van der Waals surface area contributed by atoms with E-state index in [-0.39, 0.29) is 24.1 Å². The quantitative estimate of drug-likeness (QED) is 0.426. The first-order chi connectivity index (χ1) is 16.7. The molecule has 3 aromatic rings. The predicted octanol–water partition coefficient (Wildman–Crippen LogP) is 6.21. The minimum atomic E-state index is -0.242. The molecular formula is C29H27NO3S. The lowest BCUT2D eigenvalue weighted by Crippen LogP contribution is -2.56. The molecule has 3 aliphatic rings. The zero-order valence-electron chi connectivity index (χ0n) is 19.1. The van der Waals surface area contributed by atoms with Crippen molar-refractivity contribution in [1.82, 2.24) is 4.90 Å². The van der Waals surface area contributed by atoms with Gasteiger partial charge in [-0.25, -0.2) is 4.79 Å². The highest BCUT2D eigenvalue weighted by molar-refractivity contribution is 7.98. The number of carbonyl (C=O) groups excluding carboxylic acids is 1. The van der Waals surface area contributed by atoms with Gasteiger partial charge in [-0.05, 0) is 58.2 Å². The van der Waals surface area contributed by atoms with Crippen molar-refractivity contribution in [3.63, 3.8) is 0 Å². The average molecular weight is 470 g/mol. The average Bonchev–Trinajstić information content (AvgIpc) is 3.20. The van der Waals surface area contributed by atoms with Crippen molar-refractivity contribution in [2.45, 2.75) is 29.3 Å².